The van der Waals surface area contributed by atoms with Gasteiger partial charge in [0, 0.05) is 37.0 Å². The molecule has 7 heteroatoms. The molecule has 0 unspecified atom stereocenters. The van der Waals surface area contributed by atoms with E-state index in [2.05, 4.69) is 15.2 Å². The van der Waals surface area contributed by atoms with Crippen molar-refractivity contribution in [3.63, 3.8) is 0 Å². The number of aliphatic hydroxyl groups excluding tert-OH is 1. The molecule has 2 aromatic rings. The highest BCUT2D eigenvalue weighted by Gasteiger charge is 2.46. The van der Waals surface area contributed by atoms with Gasteiger partial charge in [-0.1, -0.05) is 30.3 Å². The molecule has 29 heavy (non-hydrogen) atoms. The normalized spacial score (nSPS) is 26.2. The van der Waals surface area contributed by atoms with E-state index in [1.165, 1.54) is 23.8 Å². The molecule has 1 aromatic carbocycles. The molecule has 6 nitrogen and oxygen atoms in total. The standard InChI is InChI=1S/C22H27N3O3S/c26-19-15-25(18-7-12-29-13-8-18)11-9-22(19,17-4-2-1-3-5-17)24-21(28)16-6-10-23-20(27)14-16/h1-6,10,14,18-19,26H,7-9,11-13,15H2,(H,23,27)(H,24,28)/t19-,22+/m1/s1. The summed E-state index contributed by atoms with van der Waals surface area (Å²) in [6.45, 7) is 1.34. The van der Waals surface area contributed by atoms with Crippen molar-refractivity contribution < 1.29 is 9.90 Å². The van der Waals surface area contributed by atoms with Gasteiger partial charge in [0.1, 0.15) is 0 Å². The third-order valence-electron chi connectivity index (χ3n) is 6.14. The number of likely N-dealkylation sites (tertiary alicyclic amines) is 1. The number of aromatic amines is 1. The number of amides is 1. The molecular formula is C22H27N3O3S. The molecule has 1 aromatic heterocycles. The molecular weight excluding hydrogens is 386 g/mol. The van der Waals surface area contributed by atoms with Crippen LogP contribution in [0.3, 0.4) is 0 Å². The van der Waals surface area contributed by atoms with Gasteiger partial charge in [-0.25, -0.2) is 0 Å². The van der Waals surface area contributed by atoms with Crippen LogP contribution < -0.4 is 10.9 Å². The minimum Gasteiger partial charge on any atom is -0.389 e. The topological polar surface area (TPSA) is 85.4 Å². The van der Waals surface area contributed by atoms with Gasteiger partial charge >= 0.3 is 0 Å². The first-order valence-electron chi connectivity index (χ1n) is 10.2. The summed E-state index contributed by atoms with van der Waals surface area (Å²) >= 11 is 1.99. The average molecular weight is 414 g/mol. The molecule has 1 amide bonds. The molecule has 2 atom stereocenters. The summed E-state index contributed by atoms with van der Waals surface area (Å²) in [6, 6.07) is 13.1. The number of rotatable bonds is 4. The number of hydrogen-bond donors (Lipinski definition) is 3. The number of pyridine rings is 1. The van der Waals surface area contributed by atoms with Gasteiger partial charge in [0.25, 0.3) is 5.91 Å². The molecule has 2 aliphatic rings. The molecule has 2 aliphatic heterocycles. The Morgan fingerprint density at radius 2 is 1.97 bits per heavy atom. The lowest BCUT2D eigenvalue weighted by molar-refractivity contribution is -0.0302. The van der Waals surface area contributed by atoms with Gasteiger partial charge in [-0.15, -0.1) is 0 Å². The van der Waals surface area contributed by atoms with Crippen molar-refractivity contribution in [2.45, 2.75) is 36.9 Å². The number of β-amino-alcohol motifs (C(OH)–C–C–N with tert-alkyl or cyclic N) is 1. The lowest BCUT2D eigenvalue weighted by Crippen LogP contribution is -2.63. The Bertz CT molecular complexity index is 897. The van der Waals surface area contributed by atoms with Crippen LogP contribution in [0.5, 0.6) is 0 Å². The van der Waals surface area contributed by atoms with Crippen LogP contribution in [0.2, 0.25) is 0 Å². The molecule has 0 spiro atoms. The van der Waals surface area contributed by atoms with Gasteiger partial charge in [0.15, 0.2) is 0 Å². The first-order valence-corrected chi connectivity index (χ1v) is 11.3. The maximum Gasteiger partial charge on any atom is 0.252 e. The molecule has 3 heterocycles. The number of nitrogens with zero attached hydrogens (tertiary/aromatic N) is 1. The summed E-state index contributed by atoms with van der Waals surface area (Å²) in [7, 11) is 0. The summed E-state index contributed by atoms with van der Waals surface area (Å²) in [4.78, 5) is 29.5. The fourth-order valence-electron chi connectivity index (χ4n) is 4.49. The molecule has 0 bridgehead atoms. The van der Waals surface area contributed by atoms with Crippen LogP contribution >= 0.6 is 11.8 Å². The second-order valence-corrected chi connectivity index (χ2v) is 9.06. The maximum atomic E-state index is 13.0. The van der Waals surface area contributed by atoms with Gasteiger partial charge < -0.3 is 15.4 Å². The summed E-state index contributed by atoms with van der Waals surface area (Å²) in [5.41, 5.74) is -0.00889. The number of hydrogen-bond acceptors (Lipinski definition) is 5. The van der Waals surface area contributed by atoms with Gasteiger partial charge in [-0.3, -0.25) is 14.5 Å². The summed E-state index contributed by atoms with van der Waals surface area (Å²) in [5, 5.41) is 14.4. The largest absolute Gasteiger partial charge is 0.389 e. The van der Waals surface area contributed by atoms with Crippen LogP contribution in [0.1, 0.15) is 35.2 Å². The molecule has 0 saturated carbocycles. The fourth-order valence-corrected chi connectivity index (χ4v) is 5.57. The Balaban J connectivity index is 1.60. The van der Waals surface area contributed by atoms with Crippen molar-refractivity contribution in [3.05, 3.63) is 70.1 Å². The molecule has 3 N–H and O–H groups in total. The highest BCUT2D eigenvalue weighted by Crippen LogP contribution is 2.36. The van der Waals surface area contributed by atoms with E-state index in [4.69, 9.17) is 0 Å². The minimum absolute atomic E-state index is 0.294. The quantitative estimate of drug-likeness (QED) is 0.714. The Labute approximate surface area is 174 Å². The van der Waals surface area contributed by atoms with Crippen molar-refractivity contribution in [2.75, 3.05) is 24.6 Å². The Kier molecular flexibility index (Phi) is 6.08. The van der Waals surface area contributed by atoms with Crippen LogP contribution in [-0.2, 0) is 5.54 Å². The summed E-state index contributed by atoms with van der Waals surface area (Å²) in [5.74, 6) is 1.99. The smallest absolute Gasteiger partial charge is 0.252 e. The molecule has 4 rings (SSSR count). The van der Waals surface area contributed by atoms with Crippen LogP contribution in [0.4, 0.5) is 0 Å². The highest BCUT2D eigenvalue weighted by atomic mass is 32.2. The number of nitrogens with one attached hydrogen (secondary N) is 2. The number of aromatic nitrogens is 1. The van der Waals surface area contributed by atoms with Crippen molar-refractivity contribution in [2.24, 2.45) is 0 Å². The third-order valence-corrected chi connectivity index (χ3v) is 7.19. The minimum atomic E-state index is -0.874. The highest BCUT2D eigenvalue weighted by molar-refractivity contribution is 7.99. The zero-order valence-electron chi connectivity index (χ0n) is 16.3. The lowest BCUT2D eigenvalue weighted by Gasteiger charge is -2.49. The predicted octanol–water partition coefficient (Wildman–Crippen LogP) is 1.96. The van der Waals surface area contributed by atoms with E-state index in [9.17, 15) is 14.7 Å². The van der Waals surface area contributed by atoms with Crippen LogP contribution in [0, 0.1) is 0 Å². The lowest BCUT2D eigenvalue weighted by atomic mass is 9.77. The average Bonchev–Trinajstić information content (AvgIpc) is 2.76. The SMILES string of the molecule is O=C(N[C@]1(c2ccccc2)CCN(C2CCSCC2)C[C@H]1O)c1cc[nH]c(=O)c1. The van der Waals surface area contributed by atoms with E-state index in [1.54, 1.807) is 6.07 Å². The number of carbonyl (C=O) groups excluding carboxylic acids is 1. The van der Waals surface area contributed by atoms with Gasteiger partial charge in [0.05, 0.1) is 11.6 Å². The molecule has 0 radical (unpaired) electrons. The molecule has 2 saturated heterocycles. The maximum absolute atomic E-state index is 13.0. The van der Waals surface area contributed by atoms with Gasteiger partial charge in [-0.05, 0) is 42.4 Å². The Morgan fingerprint density at radius 1 is 1.21 bits per heavy atom. The zero-order valence-corrected chi connectivity index (χ0v) is 17.2. The first-order chi connectivity index (χ1) is 14.1. The molecule has 154 valence electrons. The number of thioether (sulfide) groups is 1. The number of piperidine rings is 1. The number of aliphatic hydroxyl groups is 1. The zero-order chi connectivity index (χ0) is 20.3. The van der Waals surface area contributed by atoms with E-state index in [0.29, 0.717) is 24.6 Å². The van der Waals surface area contributed by atoms with E-state index in [1.807, 2.05) is 42.1 Å². The van der Waals surface area contributed by atoms with Crippen molar-refractivity contribution in [1.29, 1.82) is 0 Å². The number of benzene rings is 1. The second kappa shape index (κ2) is 8.73. The second-order valence-electron chi connectivity index (χ2n) is 7.84. The van der Waals surface area contributed by atoms with E-state index < -0.39 is 11.6 Å². The Hall–Kier alpha value is -2.09. The number of H-pyrrole nitrogens is 1. The van der Waals surface area contributed by atoms with Gasteiger partial charge in [0.2, 0.25) is 5.56 Å². The van der Waals surface area contributed by atoms with Gasteiger partial charge in [-0.2, -0.15) is 11.8 Å². The monoisotopic (exact) mass is 413 g/mol. The van der Waals surface area contributed by atoms with E-state index in [-0.39, 0.29) is 11.5 Å². The predicted molar refractivity (Wildman–Crippen MR) is 115 cm³/mol. The summed E-state index contributed by atoms with van der Waals surface area (Å²) < 4.78 is 0. The first kappa shape index (κ1) is 20.2. The van der Waals surface area contributed by atoms with E-state index in [0.717, 1.165) is 24.9 Å². The molecule has 0 aliphatic carbocycles. The van der Waals surface area contributed by atoms with Crippen LogP contribution in [-0.4, -0.2) is 57.6 Å². The van der Waals surface area contributed by atoms with Crippen molar-refractivity contribution in [3.8, 4) is 0 Å². The summed E-state index contributed by atoms with van der Waals surface area (Å²) in [6.07, 6.45) is 3.65. The fraction of sp³-hybridized carbons (Fsp3) is 0.455. The molecule has 2 fully saturated rings. The third kappa shape index (κ3) is 4.27. The number of carbonyl (C=O) groups is 1. The van der Waals surface area contributed by atoms with E-state index >= 15 is 0 Å². The Morgan fingerprint density at radius 3 is 2.66 bits per heavy atom. The van der Waals surface area contributed by atoms with Crippen molar-refractivity contribution in [1.82, 2.24) is 15.2 Å². The van der Waals surface area contributed by atoms with Crippen LogP contribution in [0.25, 0.3) is 0 Å². The van der Waals surface area contributed by atoms with Crippen molar-refractivity contribution >= 4 is 17.7 Å². The van der Waals surface area contributed by atoms with Crippen LogP contribution in [0.15, 0.2) is 53.5 Å².